The van der Waals surface area contributed by atoms with Crippen LogP contribution in [-0.2, 0) is 14.8 Å². The predicted octanol–water partition coefficient (Wildman–Crippen LogP) is 1.90. The van der Waals surface area contributed by atoms with Gasteiger partial charge in [-0.2, -0.15) is 4.31 Å². The summed E-state index contributed by atoms with van der Waals surface area (Å²) in [5.41, 5.74) is 5.18. The Bertz CT molecular complexity index is 651. The SMILES string of the molecule is NC(=O)C[C@H]1CCCCN1S(=O)(=O)c1cc(F)ccc1Cl. The van der Waals surface area contributed by atoms with Crippen LogP contribution in [0, 0.1) is 5.82 Å². The van der Waals surface area contributed by atoms with Crippen LogP contribution in [-0.4, -0.2) is 31.2 Å². The lowest BCUT2D eigenvalue weighted by Crippen LogP contribution is -2.45. The van der Waals surface area contributed by atoms with Crippen LogP contribution >= 0.6 is 11.6 Å². The van der Waals surface area contributed by atoms with Crippen LogP contribution in [0.3, 0.4) is 0 Å². The number of nitrogens with two attached hydrogens (primary N) is 1. The van der Waals surface area contributed by atoms with Gasteiger partial charge in [-0.15, -0.1) is 0 Å². The summed E-state index contributed by atoms with van der Waals surface area (Å²) in [5.74, 6) is -1.24. The van der Waals surface area contributed by atoms with Gasteiger partial charge in [-0.1, -0.05) is 18.0 Å². The average molecular weight is 335 g/mol. The van der Waals surface area contributed by atoms with Crippen molar-refractivity contribution in [3.8, 4) is 0 Å². The maximum absolute atomic E-state index is 13.3. The summed E-state index contributed by atoms with van der Waals surface area (Å²) in [5, 5.41) is -0.0419. The van der Waals surface area contributed by atoms with E-state index in [1.807, 2.05) is 0 Å². The number of carbonyl (C=O) groups is 1. The summed E-state index contributed by atoms with van der Waals surface area (Å²) in [6.07, 6.45) is 2.00. The number of carbonyl (C=O) groups excluding carboxylic acids is 1. The number of sulfonamides is 1. The van der Waals surface area contributed by atoms with Crippen molar-refractivity contribution in [3.63, 3.8) is 0 Å². The molecule has 1 amide bonds. The fraction of sp³-hybridized carbons (Fsp3) is 0.462. The highest BCUT2D eigenvalue weighted by Crippen LogP contribution is 2.31. The molecule has 0 aromatic heterocycles. The van der Waals surface area contributed by atoms with Crippen molar-refractivity contribution < 1.29 is 17.6 Å². The van der Waals surface area contributed by atoms with Crippen molar-refractivity contribution in [2.24, 2.45) is 5.73 Å². The molecule has 116 valence electrons. The minimum absolute atomic E-state index is 0.0419. The molecule has 1 atom stereocenters. The average Bonchev–Trinajstić information content (AvgIpc) is 2.41. The largest absolute Gasteiger partial charge is 0.370 e. The third kappa shape index (κ3) is 3.53. The number of nitrogens with zero attached hydrogens (tertiary/aromatic N) is 1. The summed E-state index contributed by atoms with van der Waals surface area (Å²) in [6, 6.07) is 2.70. The Kier molecular flexibility index (Phi) is 4.85. The highest BCUT2D eigenvalue weighted by Gasteiger charge is 2.35. The van der Waals surface area contributed by atoms with Crippen molar-refractivity contribution in [1.29, 1.82) is 0 Å². The maximum Gasteiger partial charge on any atom is 0.244 e. The molecule has 1 aliphatic heterocycles. The standard InChI is InChI=1S/C13H16ClFN2O3S/c14-11-5-4-9(15)7-12(11)21(19,20)17-6-2-1-3-10(17)8-13(16)18/h4-5,7,10H,1-3,6,8H2,(H2,16,18)/t10-/m1/s1. The van der Waals surface area contributed by atoms with E-state index in [0.29, 0.717) is 12.8 Å². The second-order valence-electron chi connectivity index (χ2n) is 5.01. The van der Waals surface area contributed by atoms with Gasteiger partial charge in [-0.25, -0.2) is 12.8 Å². The molecule has 8 heteroatoms. The summed E-state index contributed by atoms with van der Waals surface area (Å²) in [4.78, 5) is 10.8. The number of primary amides is 1. The summed E-state index contributed by atoms with van der Waals surface area (Å²) >= 11 is 5.89. The molecule has 1 fully saturated rings. The summed E-state index contributed by atoms with van der Waals surface area (Å²) in [7, 11) is -3.96. The molecular formula is C13H16ClFN2O3S. The number of halogens is 2. The summed E-state index contributed by atoms with van der Waals surface area (Å²) in [6.45, 7) is 0.271. The van der Waals surface area contributed by atoms with E-state index < -0.39 is 27.8 Å². The van der Waals surface area contributed by atoms with Gasteiger partial charge in [0.2, 0.25) is 15.9 Å². The Morgan fingerprint density at radius 1 is 1.43 bits per heavy atom. The van der Waals surface area contributed by atoms with E-state index in [1.165, 1.54) is 10.4 Å². The molecule has 21 heavy (non-hydrogen) atoms. The minimum atomic E-state index is -3.96. The van der Waals surface area contributed by atoms with E-state index in [9.17, 15) is 17.6 Å². The predicted molar refractivity (Wildman–Crippen MR) is 76.8 cm³/mol. The monoisotopic (exact) mass is 334 g/mol. The van der Waals surface area contributed by atoms with Gasteiger partial charge in [0.15, 0.2) is 0 Å². The van der Waals surface area contributed by atoms with Crippen LogP contribution in [0.15, 0.2) is 23.1 Å². The maximum atomic E-state index is 13.3. The first-order valence-corrected chi connectivity index (χ1v) is 8.39. The number of hydrogen-bond acceptors (Lipinski definition) is 3. The molecule has 1 heterocycles. The highest BCUT2D eigenvalue weighted by molar-refractivity contribution is 7.89. The molecule has 0 spiro atoms. The Labute approximate surface area is 127 Å². The van der Waals surface area contributed by atoms with Crippen molar-refractivity contribution in [2.75, 3.05) is 6.54 Å². The van der Waals surface area contributed by atoms with Crippen molar-refractivity contribution in [1.82, 2.24) is 4.31 Å². The lowest BCUT2D eigenvalue weighted by atomic mass is 10.0. The molecule has 5 nitrogen and oxygen atoms in total. The fourth-order valence-corrected chi connectivity index (χ4v) is 4.71. The highest BCUT2D eigenvalue weighted by atomic mass is 35.5. The number of piperidine rings is 1. The van der Waals surface area contributed by atoms with Gasteiger partial charge in [0, 0.05) is 19.0 Å². The zero-order valence-corrected chi connectivity index (χ0v) is 12.8. The molecule has 1 saturated heterocycles. The fourth-order valence-electron chi connectivity index (χ4n) is 2.53. The van der Waals surface area contributed by atoms with Crippen molar-refractivity contribution in [2.45, 2.75) is 36.6 Å². The van der Waals surface area contributed by atoms with Gasteiger partial charge < -0.3 is 5.73 Å². The summed E-state index contributed by atoms with van der Waals surface area (Å²) < 4.78 is 39.9. The van der Waals surface area contributed by atoms with E-state index >= 15 is 0 Å². The topological polar surface area (TPSA) is 80.5 Å². The van der Waals surface area contributed by atoms with Gasteiger partial charge in [-0.3, -0.25) is 4.79 Å². The Morgan fingerprint density at radius 2 is 2.14 bits per heavy atom. The van der Waals surface area contributed by atoms with Crippen LogP contribution in [0.2, 0.25) is 5.02 Å². The van der Waals surface area contributed by atoms with Gasteiger partial charge in [0.1, 0.15) is 10.7 Å². The number of amides is 1. The van der Waals surface area contributed by atoms with E-state index in [4.69, 9.17) is 17.3 Å². The lowest BCUT2D eigenvalue weighted by Gasteiger charge is -2.34. The lowest BCUT2D eigenvalue weighted by molar-refractivity contribution is -0.119. The van der Waals surface area contributed by atoms with Crippen LogP contribution in [0.5, 0.6) is 0 Å². The first kappa shape index (κ1) is 16.2. The molecule has 0 bridgehead atoms. The zero-order valence-electron chi connectivity index (χ0n) is 11.3. The molecule has 0 radical (unpaired) electrons. The molecule has 1 aromatic carbocycles. The van der Waals surface area contributed by atoms with E-state index in [0.717, 1.165) is 18.6 Å². The Hall–Kier alpha value is -1.18. The second-order valence-corrected chi connectivity index (χ2v) is 7.28. The molecule has 1 aliphatic rings. The van der Waals surface area contributed by atoms with Gasteiger partial charge in [-0.05, 0) is 31.0 Å². The minimum Gasteiger partial charge on any atom is -0.370 e. The molecule has 2 N–H and O–H groups in total. The van der Waals surface area contributed by atoms with Crippen molar-refractivity contribution >= 4 is 27.5 Å². The first-order valence-electron chi connectivity index (χ1n) is 6.57. The normalized spacial score (nSPS) is 20.4. The van der Waals surface area contributed by atoms with Crippen LogP contribution in [0.1, 0.15) is 25.7 Å². The van der Waals surface area contributed by atoms with Crippen LogP contribution < -0.4 is 5.73 Å². The van der Waals surface area contributed by atoms with Crippen LogP contribution in [0.25, 0.3) is 0 Å². The third-order valence-corrected chi connectivity index (χ3v) is 5.92. The first-order chi connectivity index (χ1) is 9.82. The number of rotatable bonds is 4. The van der Waals surface area contributed by atoms with Gasteiger partial charge in [0.05, 0.1) is 5.02 Å². The zero-order chi connectivity index (χ0) is 15.6. The van der Waals surface area contributed by atoms with E-state index in [1.54, 1.807) is 0 Å². The number of hydrogen-bond donors (Lipinski definition) is 1. The quantitative estimate of drug-likeness (QED) is 0.913. The Morgan fingerprint density at radius 3 is 2.81 bits per heavy atom. The number of benzene rings is 1. The second kappa shape index (κ2) is 6.29. The van der Waals surface area contributed by atoms with Gasteiger partial charge in [0.25, 0.3) is 0 Å². The van der Waals surface area contributed by atoms with Crippen LogP contribution in [0.4, 0.5) is 4.39 Å². The Balaban J connectivity index is 2.40. The molecule has 0 aliphatic carbocycles. The van der Waals surface area contributed by atoms with Gasteiger partial charge >= 0.3 is 0 Å². The molecule has 0 saturated carbocycles. The molecule has 0 unspecified atom stereocenters. The van der Waals surface area contributed by atoms with Crippen molar-refractivity contribution in [3.05, 3.63) is 29.0 Å². The molecular weight excluding hydrogens is 319 g/mol. The van der Waals surface area contributed by atoms with E-state index in [-0.39, 0.29) is 22.9 Å². The smallest absolute Gasteiger partial charge is 0.244 e. The third-order valence-electron chi connectivity index (χ3n) is 3.49. The molecule has 2 rings (SSSR count). The molecule has 1 aromatic rings. The van der Waals surface area contributed by atoms with E-state index in [2.05, 4.69) is 0 Å².